The zero-order valence-electron chi connectivity index (χ0n) is 20.0. The second kappa shape index (κ2) is 8.68. The van der Waals surface area contributed by atoms with E-state index in [1.807, 2.05) is 7.11 Å². The summed E-state index contributed by atoms with van der Waals surface area (Å²) >= 11 is 0. The van der Waals surface area contributed by atoms with Crippen LogP contribution in [-0.2, 0) is 4.74 Å². The Balaban J connectivity index is 1.50. The van der Waals surface area contributed by atoms with Gasteiger partial charge >= 0.3 is 0 Å². The maximum absolute atomic E-state index is 5.94. The normalized spacial score (nSPS) is 45.2. The van der Waals surface area contributed by atoms with Gasteiger partial charge in [0.15, 0.2) is 0 Å². The summed E-state index contributed by atoms with van der Waals surface area (Å²) in [5.41, 5.74) is 2.50. The molecule has 1 heteroatoms. The first-order valence-corrected chi connectivity index (χ1v) is 13.1. The van der Waals surface area contributed by atoms with Crippen molar-refractivity contribution in [2.24, 2.45) is 46.3 Å². The summed E-state index contributed by atoms with van der Waals surface area (Å²) in [4.78, 5) is 0. The van der Waals surface area contributed by atoms with Gasteiger partial charge in [0.2, 0.25) is 0 Å². The molecule has 0 spiro atoms. The van der Waals surface area contributed by atoms with Crippen molar-refractivity contribution in [1.29, 1.82) is 0 Å². The maximum Gasteiger partial charge on any atom is 0.0524 e. The molecule has 0 radical (unpaired) electrons. The Morgan fingerprint density at radius 3 is 2.62 bits per heavy atom. The Morgan fingerprint density at radius 1 is 1.03 bits per heavy atom. The highest BCUT2D eigenvalue weighted by atomic mass is 16.5. The van der Waals surface area contributed by atoms with Crippen LogP contribution in [0.1, 0.15) is 104 Å². The summed E-state index contributed by atoms with van der Waals surface area (Å²) in [5, 5.41) is 0. The average molecular weight is 401 g/mol. The number of methoxy groups -OCH3 is 1. The lowest BCUT2D eigenvalue weighted by Crippen LogP contribution is -2.55. The minimum Gasteiger partial charge on any atom is -0.384 e. The first-order chi connectivity index (χ1) is 13.9. The molecule has 0 aliphatic heterocycles. The minimum atomic E-state index is 0.530. The van der Waals surface area contributed by atoms with Crippen molar-refractivity contribution in [3.63, 3.8) is 0 Å². The first-order valence-electron chi connectivity index (χ1n) is 13.1. The van der Waals surface area contributed by atoms with Crippen molar-refractivity contribution in [2.45, 2.75) is 104 Å². The lowest BCUT2D eigenvalue weighted by Gasteiger charge is -2.61. The molecule has 0 amide bonds. The van der Waals surface area contributed by atoms with Crippen LogP contribution in [-0.4, -0.2) is 13.7 Å². The Labute approximate surface area is 181 Å². The second-order valence-electron chi connectivity index (χ2n) is 12.1. The highest BCUT2D eigenvalue weighted by Crippen LogP contribution is 2.68. The molecule has 0 N–H and O–H groups in total. The van der Waals surface area contributed by atoms with Crippen molar-refractivity contribution in [3.8, 4) is 0 Å². The number of rotatable bonds is 7. The molecular formula is C28H48O. The standard InChI is InChI=1S/C28H48O/c1-20(2)9-8-10-21(3)24-14-15-25-23-13-12-22-11-6-7-17-28(22,19-29-5)26(23)16-18-27(24,25)4/h21-26H,1,6-19H2,2-5H3/t21-,22?,23+,24-,25+,26+,27-,28-/m1/s1. The van der Waals surface area contributed by atoms with Crippen LogP contribution in [0.2, 0.25) is 0 Å². The summed E-state index contributed by atoms with van der Waals surface area (Å²) in [5.74, 6) is 5.75. The summed E-state index contributed by atoms with van der Waals surface area (Å²) in [6.07, 6.45) is 18.9. The van der Waals surface area contributed by atoms with E-state index >= 15 is 0 Å². The molecule has 1 nitrogen and oxygen atoms in total. The number of hydrogen-bond donors (Lipinski definition) is 0. The second-order valence-corrected chi connectivity index (χ2v) is 12.1. The van der Waals surface area contributed by atoms with Gasteiger partial charge in [-0.2, -0.15) is 0 Å². The van der Waals surface area contributed by atoms with Gasteiger partial charge in [0.05, 0.1) is 6.61 Å². The molecule has 29 heavy (non-hydrogen) atoms. The van der Waals surface area contributed by atoms with E-state index in [1.165, 1.54) is 89.0 Å². The fourth-order valence-electron chi connectivity index (χ4n) is 9.52. The van der Waals surface area contributed by atoms with Crippen molar-refractivity contribution in [1.82, 2.24) is 0 Å². The van der Waals surface area contributed by atoms with E-state index < -0.39 is 0 Å². The predicted molar refractivity (Wildman–Crippen MR) is 124 cm³/mol. The molecule has 0 aromatic rings. The van der Waals surface area contributed by atoms with E-state index in [0.29, 0.717) is 10.8 Å². The molecule has 4 saturated carbocycles. The van der Waals surface area contributed by atoms with E-state index in [-0.39, 0.29) is 0 Å². The van der Waals surface area contributed by atoms with E-state index in [1.54, 1.807) is 0 Å². The van der Waals surface area contributed by atoms with Crippen LogP contribution in [0, 0.1) is 46.3 Å². The lowest BCUT2D eigenvalue weighted by atomic mass is 9.44. The minimum absolute atomic E-state index is 0.530. The van der Waals surface area contributed by atoms with Gasteiger partial charge in [0.25, 0.3) is 0 Å². The fraction of sp³-hybridized carbons (Fsp3) is 0.929. The predicted octanol–water partition coefficient (Wildman–Crippen LogP) is 8.04. The highest BCUT2D eigenvalue weighted by Gasteiger charge is 2.61. The van der Waals surface area contributed by atoms with Crippen LogP contribution >= 0.6 is 0 Å². The molecular weight excluding hydrogens is 352 g/mol. The molecule has 8 atom stereocenters. The quantitative estimate of drug-likeness (QED) is 0.393. The zero-order valence-corrected chi connectivity index (χ0v) is 20.0. The van der Waals surface area contributed by atoms with Crippen molar-refractivity contribution in [2.75, 3.05) is 13.7 Å². The third kappa shape index (κ3) is 3.77. The third-order valence-electron chi connectivity index (χ3n) is 10.7. The molecule has 0 saturated heterocycles. The smallest absolute Gasteiger partial charge is 0.0524 e. The van der Waals surface area contributed by atoms with Gasteiger partial charge in [-0.25, -0.2) is 0 Å². The summed E-state index contributed by atoms with van der Waals surface area (Å²) in [7, 11) is 1.97. The van der Waals surface area contributed by atoms with Gasteiger partial charge in [-0.1, -0.05) is 38.7 Å². The molecule has 0 aromatic heterocycles. The number of allylic oxidation sites excluding steroid dienone is 1. The number of hydrogen-bond acceptors (Lipinski definition) is 1. The van der Waals surface area contributed by atoms with Crippen LogP contribution in [0.15, 0.2) is 12.2 Å². The molecule has 0 bridgehead atoms. The fourth-order valence-corrected chi connectivity index (χ4v) is 9.52. The summed E-state index contributed by atoms with van der Waals surface area (Å²) < 4.78 is 5.94. The van der Waals surface area contributed by atoms with Crippen LogP contribution in [0.5, 0.6) is 0 Å². The van der Waals surface area contributed by atoms with Gasteiger partial charge in [0, 0.05) is 7.11 Å². The average Bonchev–Trinajstić information content (AvgIpc) is 3.05. The summed E-state index contributed by atoms with van der Waals surface area (Å²) in [6, 6.07) is 0. The largest absolute Gasteiger partial charge is 0.384 e. The van der Waals surface area contributed by atoms with Crippen LogP contribution in [0.3, 0.4) is 0 Å². The Hall–Kier alpha value is -0.300. The topological polar surface area (TPSA) is 9.23 Å². The first kappa shape index (κ1) is 21.9. The molecule has 4 fully saturated rings. The van der Waals surface area contributed by atoms with E-state index in [9.17, 15) is 0 Å². The highest BCUT2D eigenvalue weighted by molar-refractivity contribution is 5.10. The monoisotopic (exact) mass is 400 g/mol. The van der Waals surface area contributed by atoms with Gasteiger partial charge in [0.1, 0.15) is 0 Å². The SMILES string of the molecule is C=C(C)CCC[C@@H](C)[C@H]1CC[C@H]2[C@@H]3CCC4CCCC[C@]4(COC)[C@H]3CC[C@]12C. The lowest BCUT2D eigenvalue weighted by molar-refractivity contribution is -0.147. The Morgan fingerprint density at radius 2 is 1.86 bits per heavy atom. The van der Waals surface area contributed by atoms with Gasteiger partial charge in [-0.3, -0.25) is 0 Å². The molecule has 0 heterocycles. The molecule has 4 aliphatic rings. The van der Waals surface area contributed by atoms with Crippen LogP contribution in [0.4, 0.5) is 0 Å². The summed E-state index contributed by atoms with van der Waals surface area (Å²) in [6.45, 7) is 12.6. The third-order valence-corrected chi connectivity index (χ3v) is 10.7. The number of fused-ring (bicyclic) bond motifs is 5. The van der Waals surface area contributed by atoms with Gasteiger partial charge in [-0.15, -0.1) is 6.58 Å². The molecule has 1 unspecified atom stereocenters. The van der Waals surface area contributed by atoms with Crippen LogP contribution < -0.4 is 0 Å². The number of ether oxygens (including phenoxy) is 1. The van der Waals surface area contributed by atoms with Crippen molar-refractivity contribution in [3.05, 3.63) is 12.2 Å². The Bertz CT molecular complexity index is 577. The van der Waals surface area contributed by atoms with Crippen molar-refractivity contribution < 1.29 is 4.74 Å². The Kier molecular flexibility index (Phi) is 6.56. The molecule has 4 aliphatic carbocycles. The molecule has 4 rings (SSSR count). The van der Waals surface area contributed by atoms with Crippen LogP contribution in [0.25, 0.3) is 0 Å². The van der Waals surface area contributed by atoms with Gasteiger partial charge in [-0.05, 0) is 117 Å². The van der Waals surface area contributed by atoms with Gasteiger partial charge < -0.3 is 4.74 Å². The zero-order chi connectivity index (χ0) is 20.6. The van der Waals surface area contributed by atoms with E-state index in [0.717, 1.165) is 42.1 Å². The molecule has 0 aromatic carbocycles. The van der Waals surface area contributed by atoms with E-state index in [4.69, 9.17) is 4.74 Å². The van der Waals surface area contributed by atoms with E-state index in [2.05, 4.69) is 27.4 Å². The molecule has 166 valence electrons. The maximum atomic E-state index is 5.94. The van der Waals surface area contributed by atoms with Crippen molar-refractivity contribution >= 4 is 0 Å².